The van der Waals surface area contributed by atoms with Gasteiger partial charge in [0, 0.05) is 6.54 Å². The molecule has 1 aromatic rings. The van der Waals surface area contributed by atoms with Gasteiger partial charge in [0.15, 0.2) is 0 Å². The van der Waals surface area contributed by atoms with Crippen molar-refractivity contribution < 1.29 is 19.4 Å². The van der Waals surface area contributed by atoms with E-state index in [0.29, 0.717) is 18.7 Å². The Morgan fingerprint density at radius 2 is 2.00 bits per heavy atom. The van der Waals surface area contributed by atoms with E-state index in [-0.39, 0.29) is 16.9 Å². The van der Waals surface area contributed by atoms with Crippen molar-refractivity contribution in [1.82, 2.24) is 0 Å². The van der Waals surface area contributed by atoms with Crippen LogP contribution in [0.15, 0.2) is 18.2 Å². The molecule has 1 heterocycles. The Morgan fingerprint density at radius 3 is 2.55 bits per heavy atom. The highest BCUT2D eigenvalue weighted by molar-refractivity contribution is 5.96. The van der Waals surface area contributed by atoms with Crippen LogP contribution in [-0.2, 0) is 14.9 Å². The first kappa shape index (κ1) is 16.3. The van der Waals surface area contributed by atoms with Crippen LogP contribution >= 0.6 is 0 Å². The van der Waals surface area contributed by atoms with E-state index < -0.39 is 12.0 Å². The van der Waals surface area contributed by atoms with Crippen molar-refractivity contribution in [2.75, 3.05) is 18.6 Å². The predicted octanol–water partition coefficient (Wildman–Crippen LogP) is 2.82. The van der Waals surface area contributed by atoms with Gasteiger partial charge in [0.2, 0.25) is 0 Å². The number of carbonyl (C=O) groups is 2. The summed E-state index contributed by atoms with van der Waals surface area (Å²) < 4.78 is 4.84. The summed E-state index contributed by atoms with van der Waals surface area (Å²) in [6, 6.07) is 5.06. The fraction of sp³-hybridized carbons (Fsp3) is 0.529. The summed E-state index contributed by atoms with van der Waals surface area (Å²) in [6.45, 7) is 6.79. The molecule has 1 aromatic carbocycles. The standard InChI is InChI=1S/C17H23NO4/c1-17(2,3)11-7-8-13(12(10-11)15(19)20)18-9-5-6-14(18)16(21)22-4/h7-8,10,14H,5-6,9H2,1-4H3,(H,19,20)/t14-/m1/s1. The van der Waals surface area contributed by atoms with Gasteiger partial charge in [-0.2, -0.15) is 0 Å². The van der Waals surface area contributed by atoms with Crippen molar-refractivity contribution in [1.29, 1.82) is 0 Å². The molecule has 0 aromatic heterocycles. The molecular formula is C17H23NO4. The number of carboxylic acids is 1. The Bertz CT molecular complexity index is 589. The second-order valence-corrected chi connectivity index (χ2v) is 6.66. The maximum Gasteiger partial charge on any atom is 0.337 e. The fourth-order valence-corrected chi connectivity index (χ4v) is 2.86. The van der Waals surface area contributed by atoms with E-state index in [1.54, 1.807) is 6.07 Å². The molecule has 5 heteroatoms. The van der Waals surface area contributed by atoms with E-state index in [1.807, 2.05) is 37.8 Å². The van der Waals surface area contributed by atoms with E-state index >= 15 is 0 Å². The topological polar surface area (TPSA) is 66.8 Å². The number of esters is 1. The van der Waals surface area contributed by atoms with Crippen molar-refractivity contribution in [3.05, 3.63) is 29.3 Å². The third kappa shape index (κ3) is 3.08. The zero-order valence-corrected chi connectivity index (χ0v) is 13.5. The lowest BCUT2D eigenvalue weighted by Crippen LogP contribution is -2.37. The summed E-state index contributed by atoms with van der Waals surface area (Å²) >= 11 is 0. The molecule has 120 valence electrons. The Labute approximate surface area is 130 Å². The average molecular weight is 305 g/mol. The third-order valence-electron chi connectivity index (χ3n) is 4.13. The van der Waals surface area contributed by atoms with Gasteiger partial charge in [0.05, 0.1) is 18.4 Å². The number of carboxylic acid groups (broad SMARTS) is 1. The van der Waals surface area contributed by atoms with Crippen LogP contribution in [0.5, 0.6) is 0 Å². The summed E-state index contributed by atoms with van der Waals surface area (Å²) in [5.41, 5.74) is 1.66. The van der Waals surface area contributed by atoms with E-state index in [1.165, 1.54) is 7.11 Å². The van der Waals surface area contributed by atoms with Crippen LogP contribution in [0.2, 0.25) is 0 Å². The summed E-state index contributed by atoms with van der Waals surface area (Å²) in [5, 5.41) is 9.56. The van der Waals surface area contributed by atoms with Crippen molar-refractivity contribution in [3.8, 4) is 0 Å². The molecule has 22 heavy (non-hydrogen) atoms. The molecule has 1 aliphatic heterocycles. The maximum atomic E-state index is 11.9. The van der Waals surface area contributed by atoms with Gasteiger partial charge in [0.1, 0.15) is 6.04 Å². The van der Waals surface area contributed by atoms with Gasteiger partial charge in [-0.25, -0.2) is 9.59 Å². The molecule has 1 aliphatic rings. The summed E-state index contributed by atoms with van der Waals surface area (Å²) in [4.78, 5) is 25.4. The van der Waals surface area contributed by atoms with Gasteiger partial charge in [-0.3, -0.25) is 0 Å². The number of hydrogen-bond donors (Lipinski definition) is 1. The van der Waals surface area contributed by atoms with Gasteiger partial charge >= 0.3 is 11.9 Å². The molecule has 1 N–H and O–H groups in total. The first-order valence-electron chi connectivity index (χ1n) is 7.48. The lowest BCUT2D eigenvalue weighted by Gasteiger charge is -2.28. The zero-order valence-electron chi connectivity index (χ0n) is 13.5. The number of anilines is 1. The molecule has 0 amide bonds. The molecule has 1 fully saturated rings. The Balaban J connectivity index is 2.46. The third-order valence-corrected chi connectivity index (χ3v) is 4.13. The SMILES string of the molecule is COC(=O)[C@H]1CCCN1c1ccc(C(C)(C)C)cc1C(=O)O. The van der Waals surface area contributed by atoms with E-state index in [9.17, 15) is 14.7 Å². The first-order chi connectivity index (χ1) is 10.3. The van der Waals surface area contributed by atoms with Crippen LogP contribution in [-0.4, -0.2) is 36.7 Å². The van der Waals surface area contributed by atoms with Crippen LogP contribution in [0.3, 0.4) is 0 Å². The summed E-state index contributed by atoms with van der Waals surface area (Å²) in [5.74, 6) is -1.29. The van der Waals surface area contributed by atoms with Crippen LogP contribution in [0.25, 0.3) is 0 Å². The number of ether oxygens (including phenoxy) is 1. The number of aromatic carboxylic acids is 1. The Kier molecular flexibility index (Phi) is 4.44. The number of carbonyl (C=O) groups excluding carboxylic acids is 1. The van der Waals surface area contributed by atoms with Crippen LogP contribution in [0.4, 0.5) is 5.69 Å². The Hall–Kier alpha value is -2.04. The molecule has 0 radical (unpaired) electrons. The van der Waals surface area contributed by atoms with Crippen molar-refractivity contribution >= 4 is 17.6 Å². The fourth-order valence-electron chi connectivity index (χ4n) is 2.86. The molecule has 0 unspecified atom stereocenters. The number of rotatable bonds is 3. The molecule has 5 nitrogen and oxygen atoms in total. The number of hydrogen-bond acceptors (Lipinski definition) is 4. The highest BCUT2D eigenvalue weighted by Crippen LogP contribution is 2.33. The minimum Gasteiger partial charge on any atom is -0.478 e. The minimum atomic E-state index is -0.975. The molecule has 0 aliphatic carbocycles. The normalized spacial score (nSPS) is 18.4. The first-order valence-corrected chi connectivity index (χ1v) is 7.48. The smallest absolute Gasteiger partial charge is 0.337 e. The molecule has 2 rings (SSSR count). The molecule has 1 saturated heterocycles. The van der Waals surface area contributed by atoms with Gasteiger partial charge in [0.25, 0.3) is 0 Å². The number of benzene rings is 1. The zero-order chi connectivity index (χ0) is 16.5. The lowest BCUT2D eigenvalue weighted by molar-refractivity contribution is -0.141. The number of methoxy groups -OCH3 is 1. The average Bonchev–Trinajstić information content (AvgIpc) is 2.93. The second-order valence-electron chi connectivity index (χ2n) is 6.66. The molecular weight excluding hydrogens is 282 g/mol. The van der Waals surface area contributed by atoms with E-state index in [0.717, 1.165) is 12.0 Å². The van der Waals surface area contributed by atoms with Gasteiger partial charge in [-0.15, -0.1) is 0 Å². The quantitative estimate of drug-likeness (QED) is 0.870. The summed E-state index contributed by atoms with van der Waals surface area (Å²) in [7, 11) is 1.36. The molecule has 0 saturated carbocycles. The maximum absolute atomic E-state index is 11.9. The monoisotopic (exact) mass is 305 g/mol. The van der Waals surface area contributed by atoms with Gasteiger partial charge < -0.3 is 14.7 Å². The van der Waals surface area contributed by atoms with Crippen molar-refractivity contribution in [2.45, 2.75) is 45.1 Å². The Morgan fingerprint density at radius 1 is 1.32 bits per heavy atom. The summed E-state index contributed by atoms with van der Waals surface area (Å²) in [6.07, 6.45) is 1.53. The van der Waals surface area contributed by atoms with Crippen molar-refractivity contribution in [3.63, 3.8) is 0 Å². The van der Waals surface area contributed by atoms with Crippen molar-refractivity contribution in [2.24, 2.45) is 0 Å². The van der Waals surface area contributed by atoms with Crippen LogP contribution < -0.4 is 4.90 Å². The predicted molar refractivity (Wildman–Crippen MR) is 84.5 cm³/mol. The highest BCUT2D eigenvalue weighted by atomic mass is 16.5. The molecule has 0 bridgehead atoms. The molecule has 0 spiro atoms. The second kappa shape index (κ2) is 5.99. The lowest BCUT2D eigenvalue weighted by atomic mass is 9.85. The highest BCUT2D eigenvalue weighted by Gasteiger charge is 2.34. The largest absolute Gasteiger partial charge is 0.478 e. The van der Waals surface area contributed by atoms with Crippen LogP contribution in [0.1, 0.15) is 49.5 Å². The van der Waals surface area contributed by atoms with Gasteiger partial charge in [-0.1, -0.05) is 26.8 Å². The molecule has 1 atom stereocenters. The van der Waals surface area contributed by atoms with Gasteiger partial charge in [-0.05, 0) is 36.0 Å². The van der Waals surface area contributed by atoms with E-state index in [4.69, 9.17) is 4.74 Å². The van der Waals surface area contributed by atoms with Crippen LogP contribution in [0, 0.1) is 0 Å². The van der Waals surface area contributed by atoms with E-state index in [2.05, 4.69) is 0 Å². The minimum absolute atomic E-state index is 0.129. The number of nitrogens with zero attached hydrogens (tertiary/aromatic N) is 1.